The minimum Gasteiger partial charge on any atom is -0.486 e. The molecule has 4 heteroatoms. The van der Waals surface area contributed by atoms with E-state index in [1.54, 1.807) is 0 Å². The second-order valence-electron chi connectivity index (χ2n) is 4.70. The Bertz CT molecular complexity index is 598. The zero-order valence-corrected chi connectivity index (χ0v) is 13.2. The van der Waals surface area contributed by atoms with Gasteiger partial charge in [0.1, 0.15) is 13.2 Å². The minimum atomic E-state index is 0.236. The molecule has 1 heterocycles. The van der Waals surface area contributed by atoms with E-state index in [0.29, 0.717) is 13.2 Å². The van der Waals surface area contributed by atoms with Crippen LogP contribution in [0.5, 0.6) is 11.5 Å². The number of benzene rings is 2. The molecule has 20 heavy (non-hydrogen) atoms. The quantitative estimate of drug-likeness (QED) is 0.739. The molecule has 0 radical (unpaired) electrons. The largest absolute Gasteiger partial charge is 0.486 e. The monoisotopic (exact) mass is 352 g/mol. The van der Waals surface area contributed by atoms with Gasteiger partial charge in [-0.25, -0.2) is 0 Å². The summed E-state index contributed by atoms with van der Waals surface area (Å²) in [6.07, 6.45) is 0.900. The Morgan fingerprint density at radius 2 is 1.70 bits per heavy atom. The first-order chi connectivity index (χ1) is 9.72. The summed E-state index contributed by atoms with van der Waals surface area (Å²) in [4.78, 5) is 0.236. The number of fused-ring (bicyclic) bond motifs is 1. The molecule has 2 aromatic carbocycles. The molecule has 0 spiro atoms. The molecule has 2 aromatic rings. The lowest BCUT2D eigenvalue weighted by Crippen LogP contribution is -2.15. The average Bonchev–Trinajstić information content (AvgIpc) is 2.49. The van der Waals surface area contributed by atoms with Crippen LogP contribution in [0.2, 0.25) is 5.02 Å². The molecular formula is C16H14BrClO2. The molecule has 1 unspecified atom stereocenters. The maximum atomic E-state index is 5.90. The third kappa shape index (κ3) is 3.10. The summed E-state index contributed by atoms with van der Waals surface area (Å²) in [5.74, 6) is 1.65. The molecular weight excluding hydrogens is 340 g/mol. The Morgan fingerprint density at radius 1 is 1.00 bits per heavy atom. The number of hydrogen-bond donors (Lipinski definition) is 0. The second-order valence-corrected chi connectivity index (χ2v) is 6.24. The van der Waals surface area contributed by atoms with Crippen LogP contribution in [0.15, 0.2) is 42.5 Å². The van der Waals surface area contributed by atoms with E-state index in [4.69, 9.17) is 21.1 Å². The first kappa shape index (κ1) is 13.8. The highest BCUT2D eigenvalue weighted by molar-refractivity contribution is 9.09. The molecule has 0 bridgehead atoms. The summed E-state index contributed by atoms with van der Waals surface area (Å²) >= 11 is 9.64. The van der Waals surface area contributed by atoms with Gasteiger partial charge in [-0.2, -0.15) is 0 Å². The van der Waals surface area contributed by atoms with Crippen LogP contribution < -0.4 is 9.47 Å². The van der Waals surface area contributed by atoms with Gasteiger partial charge in [-0.05, 0) is 41.8 Å². The molecule has 3 rings (SSSR count). The van der Waals surface area contributed by atoms with E-state index in [1.807, 2.05) is 24.3 Å². The van der Waals surface area contributed by atoms with Crippen molar-refractivity contribution in [3.8, 4) is 11.5 Å². The fourth-order valence-corrected chi connectivity index (χ4v) is 2.98. The van der Waals surface area contributed by atoms with Crippen molar-refractivity contribution in [1.82, 2.24) is 0 Å². The first-order valence-corrected chi connectivity index (χ1v) is 7.80. The Labute approximate surface area is 131 Å². The predicted octanol–water partition coefficient (Wildman–Crippen LogP) is 4.79. The van der Waals surface area contributed by atoms with Crippen LogP contribution in [-0.4, -0.2) is 13.2 Å². The topological polar surface area (TPSA) is 18.5 Å². The van der Waals surface area contributed by atoms with Gasteiger partial charge < -0.3 is 9.47 Å². The van der Waals surface area contributed by atoms with E-state index in [2.05, 4.69) is 34.1 Å². The van der Waals surface area contributed by atoms with Gasteiger partial charge in [0, 0.05) is 9.85 Å². The summed E-state index contributed by atoms with van der Waals surface area (Å²) in [7, 11) is 0. The fraction of sp³-hybridized carbons (Fsp3) is 0.250. The van der Waals surface area contributed by atoms with E-state index in [0.717, 1.165) is 22.9 Å². The van der Waals surface area contributed by atoms with Crippen LogP contribution in [-0.2, 0) is 6.42 Å². The Balaban J connectivity index is 1.76. The molecule has 0 fully saturated rings. The van der Waals surface area contributed by atoms with E-state index in [9.17, 15) is 0 Å². The summed E-state index contributed by atoms with van der Waals surface area (Å²) in [6, 6.07) is 14.0. The summed E-state index contributed by atoms with van der Waals surface area (Å²) in [5, 5.41) is 0.763. The van der Waals surface area contributed by atoms with E-state index >= 15 is 0 Å². The van der Waals surface area contributed by atoms with Crippen molar-refractivity contribution in [2.75, 3.05) is 13.2 Å². The van der Waals surface area contributed by atoms with Crippen LogP contribution >= 0.6 is 27.5 Å². The second kappa shape index (κ2) is 6.06. The van der Waals surface area contributed by atoms with Gasteiger partial charge in [0.25, 0.3) is 0 Å². The molecule has 1 aliphatic heterocycles. The van der Waals surface area contributed by atoms with Gasteiger partial charge in [0.15, 0.2) is 11.5 Å². The van der Waals surface area contributed by atoms with Crippen LogP contribution in [0.25, 0.3) is 0 Å². The molecule has 0 amide bonds. The van der Waals surface area contributed by atoms with Crippen molar-refractivity contribution in [3.63, 3.8) is 0 Å². The molecule has 1 atom stereocenters. The lowest BCUT2D eigenvalue weighted by molar-refractivity contribution is 0.171. The van der Waals surface area contributed by atoms with Crippen LogP contribution in [0, 0.1) is 0 Å². The Morgan fingerprint density at radius 3 is 2.45 bits per heavy atom. The summed E-state index contributed by atoms with van der Waals surface area (Å²) in [6.45, 7) is 1.23. The standard InChI is InChI=1S/C16H14BrClO2/c17-14(9-11-1-4-13(18)5-2-11)12-3-6-15-16(10-12)20-8-7-19-15/h1-6,10,14H,7-9H2. The van der Waals surface area contributed by atoms with Gasteiger partial charge in [0.2, 0.25) is 0 Å². The highest BCUT2D eigenvalue weighted by Crippen LogP contribution is 2.36. The molecule has 0 saturated heterocycles. The fourth-order valence-electron chi connectivity index (χ4n) is 2.20. The molecule has 0 N–H and O–H groups in total. The average molecular weight is 354 g/mol. The highest BCUT2D eigenvalue weighted by Gasteiger charge is 2.15. The van der Waals surface area contributed by atoms with Gasteiger partial charge in [-0.3, -0.25) is 0 Å². The predicted molar refractivity (Wildman–Crippen MR) is 84.3 cm³/mol. The number of halogens is 2. The minimum absolute atomic E-state index is 0.236. The van der Waals surface area contributed by atoms with E-state index in [1.165, 1.54) is 11.1 Å². The molecule has 0 aromatic heterocycles. The third-order valence-corrected chi connectivity index (χ3v) is 4.36. The Hall–Kier alpha value is -1.19. The normalized spacial score (nSPS) is 14.9. The Kier molecular flexibility index (Phi) is 4.18. The van der Waals surface area contributed by atoms with Crippen molar-refractivity contribution < 1.29 is 9.47 Å². The zero-order chi connectivity index (χ0) is 13.9. The number of rotatable bonds is 3. The van der Waals surface area contributed by atoms with Gasteiger partial charge in [-0.1, -0.05) is 45.7 Å². The van der Waals surface area contributed by atoms with E-state index < -0.39 is 0 Å². The van der Waals surface area contributed by atoms with Crippen molar-refractivity contribution in [2.45, 2.75) is 11.2 Å². The van der Waals surface area contributed by atoms with Crippen LogP contribution in [0.1, 0.15) is 16.0 Å². The lowest BCUT2D eigenvalue weighted by atomic mass is 10.0. The van der Waals surface area contributed by atoms with Crippen molar-refractivity contribution in [2.24, 2.45) is 0 Å². The smallest absolute Gasteiger partial charge is 0.161 e. The van der Waals surface area contributed by atoms with Gasteiger partial charge >= 0.3 is 0 Å². The van der Waals surface area contributed by atoms with Crippen LogP contribution in [0.3, 0.4) is 0 Å². The molecule has 104 valence electrons. The van der Waals surface area contributed by atoms with Gasteiger partial charge in [0.05, 0.1) is 0 Å². The third-order valence-electron chi connectivity index (χ3n) is 3.26. The number of alkyl halides is 1. The summed E-state index contributed by atoms with van der Waals surface area (Å²) in [5.41, 5.74) is 2.43. The molecule has 2 nitrogen and oxygen atoms in total. The van der Waals surface area contributed by atoms with Crippen molar-refractivity contribution >= 4 is 27.5 Å². The highest BCUT2D eigenvalue weighted by atomic mass is 79.9. The van der Waals surface area contributed by atoms with Crippen LogP contribution in [0.4, 0.5) is 0 Å². The first-order valence-electron chi connectivity index (χ1n) is 6.50. The summed E-state index contributed by atoms with van der Waals surface area (Å²) < 4.78 is 11.2. The SMILES string of the molecule is Clc1ccc(CC(Br)c2ccc3c(c2)OCCO3)cc1. The molecule has 1 aliphatic rings. The molecule has 0 aliphatic carbocycles. The van der Waals surface area contributed by atoms with Gasteiger partial charge in [-0.15, -0.1) is 0 Å². The van der Waals surface area contributed by atoms with E-state index in [-0.39, 0.29) is 4.83 Å². The van der Waals surface area contributed by atoms with Crippen molar-refractivity contribution in [3.05, 3.63) is 58.6 Å². The number of hydrogen-bond acceptors (Lipinski definition) is 2. The maximum Gasteiger partial charge on any atom is 0.161 e. The maximum absolute atomic E-state index is 5.90. The van der Waals surface area contributed by atoms with Crippen molar-refractivity contribution in [1.29, 1.82) is 0 Å². The molecule has 0 saturated carbocycles. The number of ether oxygens (including phenoxy) is 2. The lowest BCUT2D eigenvalue weighted by Gasteiger charge is -2.20. The zero-order valence-electron chi connectivity index (χ0n) is 10.8.